The van der Waals surface area contributed by atoms with Gasteiger partial charge in [-0.1, -0.05) is 59.2 Å². The second-order valence-corrected chi connectivity index (χ2v) is 8.12. The van der Waals surface area contributed by atoms with Gasteiger partial charge in [0.15, 0.2) is 0 Å². The Kier molecular flexibility index (Phi) is 5.62. The van der Waals surface area contributed by atoms with Crippen molar-refractivity contribution in [1.29, 1.82) is 0 Å². The van der Waals surface area contributed by atoms with Gasteiger partial charge in [-0.25, -0.2) is 0 Å². The second kappa shape index (κ2) is 8.31. The molecule has 0 fully saturated rings. The van der Waals surface area contributed by atoms with Crippen LogP contribution in [0.2, 0.25) is 10.0 Å². The van der Waals surface area contributed by atoms with Crippen molar-refractivity contribution in [3.05, 3.63) is 92.8 Å². The molecule has 0 aliphatic carbocycles. The average molecular weight is 428 g/mol. The molecule has 4 rings (SSSR count). The third-order valence-corrected chi connectivity index (χ3v) is 5.69. The lowest BCUT2D eigenvalue weighted by atomic mass is 10.1. The van der Waals surface area contributed by atoms with Crippen LogP contribution in [0.1, 0.15) is 11.1 Å². The number of thioether (sulfide) groups is 1. The number of hydrogen-bond donors (Lipinski definition) is 1. The Labute approximate surface area is 177 Å². The summed E-state index contributed by atoms with van der Waals surface area (Å²) in [5.74, 6) is 0.494. The molecule has 0 aromatic heterocycles. The van der Waals surface area contributed by atoms with Gasteiger partial charge in [0.25, 0.3) is 5.91 Å². The SMILES string of the molecule is O=C1Nc2ccccc2S/C1=C\c1cc(Cl)ccc1OCc1cccc(Cl)c1. The van der Waals surface area contributed by atoms with Gasteiger partial charge in [-0.15, -0.1) is 0 Å². The summed E-state index contributed by atoms with van der Waals surface area (Å²) in [4.78, 5) is 14.1. The second-order valence-electron chi connectivity index (χ2n) is 6.16. The van der Waals surface area contributed by atoms with Crippen molar-refractivity contribution in [2.24, 2.45) is 0 Å². The first-order valence-corrected chi connectivity index (χ1v) is 10.1. The zero-order valence-corrected chi connectivity index (χ0v) is 16.9. The highest BCUT2D eigenvalue weighted by molar-refractivity contribution is 8.04. The number of benzene rings is 3. The predicted molar refractivity (Wildman–Crippen MR) is 116 cm³/mol. The molecule has 28 heavy (non-hydrogen) atoms. The van der Waals surface area contributed by atoms with Crippen LogP contribution < -0.4 is 10.1 Å². The number of carbonyl (C=O) groups excluding carboxylic acids is 1. The molecular formula is C22H15Cl2NO2S. The molecule has 3 aromatic carbocycles. The standard InChI is InChI=1S/C22H15Cl2NO2S/c23-16-5-3-4-14(10-16)13-27-19-9-8-17(24)11-15(19)12-21-22(26)25-18-6-1-2-7-20(18)28-21/h1-12H,13H2,(H,25,26)/b21-12-. The fraction of sp³-hybridized carbons (Fsp3) is 0.0455. The minimum Gasteiger partial charge on any atom is -0.488 e. The minimum atomic E-state index is -0.149. The zero-order chi connectivity index (χ0) is 19.5. The van der Waals surface area contributed by atoms with Gasteiger partial charge in [0, 0.05) is 20.5 Å². The Morgan fingerprint density at radius 3 is 2.64 bits per heavy atom. The summed E-state index contributed by atoms with van der Waals surface area (Å²) in [7, 11) is 0. The van der Waals surface area contributed by atoms with Crippen LogP contribution in [-0.4, -0.2) is 5.91 Å². The fourth-order valence-electron chi connectivity index (χ4n) is 2.80. The summed E-state index contributed by atoms with van der Waals surface area (Å²) < 4.78 is 5.98. The van der Waals surface area contributed by atoms with Gasteiger partial charge in [0.2, 0.25) is 0 Å². The van der Waals surface area contributed by atoms with E-state index in [1.165, 1.54) is 11.8 Å². The smallest absolute Gasteiger partial charge is 0.262 e. The van der Waals surface area contributed by atoms with E-state index in [1.54, 1.807) is 24.3 Å². The number of amides is 1. The minimum absolute atomic E-state index is 0.149. The number of halogens is 2. The van der Waals surface area contributed by atoms with Gasteiger partial charge in [-0.3, -0.25) is 4.79 Å². The van der Waals surface area contributed by atoms with Crippen LogP contribution in [0.25, 0.3) is 6.08 Å². The molecule has 0 saturated heterocycles. The van der Waals surface area contributed by atoms with Crippen LogP contribution in [-0.2, 0) is 11.4 Å². The van der Waals surface area contributed by atoms with Crippen LogP contribution in [0.5, 0.6) is 5.75 Å². The number of nitrogens with one attached hydrogen (secondary N) is 1. The molecule has 0 saturated carbocycles. The molecule has 0 unspecified atom stereocenters. The molecule has 3 aromatic rings. The molecule has 1 aliphatic heterocycles. The summed E-state index contributed by atoms with van der Waals surface area (Å²) in [5, 5.41) is 4.15. The number of hydrogen-bond acceptors (Lipinski definition) is 3. The molecule has 3 nitrogen and oxygen atoms in total. The van der Waals surface area contributed by atoms with Gasteiger partial charge in [0.05, 0.1) is 10.6 Å². The highest BCUT2D eigenvalue weighted by atomic mass is 35.5. The van der Waals surface area contributed by atoms with E-state index in [-0.39, 0.29) is 5.91 Å². The van der Waals surface area contributed by atoms with E-state index in [9.17, 15) is 4.79 Å². The van der Waals surface area contributed by atoms with Crippen LogP contribution in [0.3, 0.4) is 0 Å². The lowest BCUT2D eigenvalue weighted by Gasteiger charge is -2.18. The maximum absolute atomic E-state index is 12.5. The maximum atomic E-state index is 12.5. The van der Waals surface area contributed by atoms with Gasteiger partial charge < -0.3 is 10.1 Å². The molecule has 6 heteroatoms. The molecule has 1 aliphatic rings. The number of rotatable bonds is 4. The van der Waals surface area contributed by atoms with Crippen molar-refractivity contribution in [2.75, 3.05) is 5.32 Å². The number of ether oxygens (including phenoxy) is 1. The molecule has 0 radical (unpaired) electrons. The Balaban J connectivity index is 1.61. The first-order chi connectivity index (χ1) is 13.6. The maximum Gasteiger partial charge on any atom is 0.262 e. The molecule has 0 bridgehead atoms. The van der Waals surface area contributed by atoms with Gasteiger partial charge >= 0.3 is 0 Å². The van der Waals surface area contributed by atoms with E-state index < -0.39 is 0 Å². The molecule has 0 atom stereocenters. The third kappa shape index (κ3) is 4.36. The first-order valence-electron chi connectivity index (χ1n) is 8.55. The third-order valence-electron chi connectivity index (χ3n) is 4.12. The number of para-hydroxylation sites is 1. The highest BCUT2D eigenvalue weighted by Gasteiger charge is 2.21. The number of carbonyl (C=O) groups is 1. The number of anilines is 1. The Hall–Kier alpha value is -2.40. The van der Waals surface area contributed by atoms with E-state index in [2.05, 4.69) is 5.32 Å². The van der Waals surface area contributed by atoms with Crippen molar-refractivity contribution in [2.45, 2.75) is 11.5 Å². The Morgan fingerprint density at radius 1 is 0.964 bits per heavy atom. The van der Waals surface area contributed by atoms with Crippen molar-refractivity contribution in [1.82, 2.24) is 0 Å². The summed E-state index contributed by atoms with van der Waals surface area (Å²) >= 11 is 13.6. The van der Waals surface area contributed by atoms with E-state index in [0.717, 1.165) is 21.7 Å². The fourth-order valence-corrected chi connectivity index (χ4v) is 4.13. The summed E-state index contributed by atoms with van der Waals surface area (Å²) in [5.41, 5.74) is 2.52. The Bertz CT molecular complexity index is 1080. The molecular weight excluding hydrogens is 413 g/mol. The first kappa shape index (κ1) is 18.9. The van der Waals surface area contributed by atoms with Crippen molar-refractivity contribution < 1.29 is 9.53 Å². The van der Waals surface area contributed by atoms with Crippen molar-refractivity contribution in [3.8, 4) is 5.75 Å². The lowest BCUT2D eigenvalue weighted by Crippen LogP contribution is -2.17. The highest BCUT2D eigenvalue weighted by Crippen LogP contribution is 2.39. The lowest BCUT2D eigenvalue weighted by molar-refractivity contribution is -0.112. The van der Waals surface area contributed by atoms with Crippen molar-refractivity contribution >= 4 is 52.6 Å². The topological polar surface area (TPSA) is 38.3 Å². The van der Waals surface area contributed by atoms with Crippen LogP contribution >= 0.6 is 35.0 Å². The predicted octanol–water partition coefficient (Wildman–Crippen LogP) is 6.66. The summed E-state index contributed by atoms with van der Waals surface area (Å²) in [6.07, 6.45) is 1.80. The molecule has 140 valence electrons. The average Bonchev–Trinajstić information content (AvgIpc) is 2.68. The Morgan fingerprint density at radius 2 is 1.79 bits per heavy atom. The summed E-state index contributed by atoms with van der Waals surface area (Å²) in [6, 6.07) is 20.6. The van der Waals surface area contributed by atoms with Crippen molar-refractivity contribution in [3.63, 3.8) is 0 Å². The molecule has 1 heterocycles. The van der Waals surface area contributed by atoms with E-state index in [1.807, 2.05) is 48.5 Å². The molecule has 1 amide bonds. The van der Waals surface area contributed by atoms with Gasteiger partial charge in [0.1, 0.15) is 12.4 Å². The van der Waals surface area contributed by atoms with Crippen LogP contribution in [0, 0.1) is 0 Å². The van der Waals surface area contributed by atoms with E-state index in [0.29, 0.717) is 27.3 Å². The summed E-state index contributed by atoms with van der Waals surface area (Å²) in [6.45, 7) is 0.362. The monoisotopic (exact) mass is 427 g/mol. The van der Waals surface area contributed by atoms with E-state index in [4.69, 9.17) is 27.9 Å². The number of fused-ring (bicyclic) bond motifs is 1. The quantitative estimate of drug-likeness (QED) is 0.473. The zero-order valence-electron chi connectivity index (χ0n) is 14.6. The largest absolute Gasteiger partial charge is 0.488 e. The van der Waals surface area contributed by atoms with Crippen LogP contribution in [0.15, 0.2) is 76.5 Å². The van der Waals surface area contributed by atoms with Crippen LogP contribution in [0.4, 0.5) is 5.69 Å². The van der Waals surface area contributed by atoms with E-state index >= 15 is 0 Å². The molecule has 0 spiro atoms. The molecule has 1 N–H and O–H groups in total. The van der Waals surface area contributed by atoms with Gasteiger partial charge in [-0.05, 0) is 54.1 Å². The van der Waals surface area contributed by atoms with Gasteiger partial charge in [-0.2, -0.15) is 0 Å². The normalized spacial score (nSPS) is 14.5.